The summed E-state index contributed by atoms with van der Waals surface area (Å²) in [5.41, 5.74) is 1.66. The van der Waals surface area contributed by atoms with Crippen molar-refractivity contribution in [1.29, 1.82) is 0 Å². The van der Waals surface area contributed by atoms with Crippen molar-refractivity contribution >= 4 is 23.2 Å². The van der Waals surface area contributed by atoms with E-state index in [1.165, 1.54) is 6.07 Å². The van der Waals surface area contributed by atoms with Crippen LogP contribution in [0.4, 0.5) is 0 Å². The van der Waals surface area contributed by atoms with Crippen LogP contribution in [0.1, 0.15) is 11.1 Å². The number of nitrogens with zero attached hydrogens (tertiary/aromatic N) is 2. The van der Waals surface area contributed by atoms with Crippen molar-refractivity contribution in [2.75, 3.05) is 13.2 Å². The molecule has 21 heavy (non-hydrogen) atoms. The van der Waals surface area contributed by atoms with Crippen molar-refractivity contribution in [3.8, 4) is 5.75 Å². The van der Waals surface area contributed by atoms with Gasteiger partial charge in [0.05, 0.1) is 11.6 Å². The van der Waals surface area contributed by atoms with E-state index < -0.39 is 0 Å². The lowest BCUT2D eigenvalue weighted by atomic mass is 10.1. The second-order valence-corrected chi connectivity index (χ2v) is 5.53. The van der Waals surface area contributed by atoms with Crippen molar-refractivity contribution in [1.82, 2.24) is 9.88 Å². The predicted molar refractivity (Wildman–Crippen MR) is 83.6 cm³/mol. The minimum absolute atomic E-state index is 0.0231. The molecule has 4 nitrogen and oxygen atoms in total. The Balaban J connectivity index is 2.16. The normalized spacial score (nSPS) is 11.0. The lowest BCUT2D eigenvalue weighted by Gasteiger charge is -2.22. The fraction of sp³-hybridized carbons (Fsp3) is 0.267. The minimum atomic E-state index is 0.0231. The van der Waals surface area contributed by atoms with Crippen LogP contribution in [0.2, 0.25) is 10.0 Å². The van der Waals surface area contributed by atoms with Gasteiger partial charge in [0.1, 0.15) is 5.75 Å². The highest BCUT2D eigenvalue weighted by molar-refractivity contribution is 6.35. The number of aliphatic hydroxyl groups excluding tert-OH is 1. The first-order valence-electron chi connectivity index (χ1n) is 6.49. The van der Waals surface area contributed by atoms with Crippen LogP contribution in [0, 0.1) is 0 Å². The van der Waals surface area contributed by atoms with Gasteiger partial charge in [-0.2, -0.15) is 0 Å². The lowest BCUT2D eigenvalue weighted by Crippen LogP contribution is -2.26. The van der Waals surface area contributed by atoms with E-state index in [2.05, 4.69) is 4.98 Å². The highest BCUT2D eigenvalue weighted by atomic mass is 35.5. The summed E-state index contributed by atoms with van der Waals surface area (Å²) < 4.78 is 0. The first kappa shape index (κ1) is 16.0. The fourth-order valence-electron chi connectivity index (χ4n) is 2.09. The summed E-state index contributed by atoms with van der Waals surface area (Å²) in [5, 5.41) is 19.9. The van der Waals surface area contributed by atoms with E-state index in [1.54, 1.807) is 18.5 Å². The van der Waals surface area contributed by atoms with Gasteiger partial charge >= 0.3 is 0 Å². The van der Waals surface area contributed by atoms with Gasteiger partial charge < -0.3 is 10.2 Å². The quantitative estimate of drug-likeness (QED) is 0.856. The molecule has 0 fully saturated rings. The standard InChI is InChI=1S/C15H16Cl2N2O2/c16-13-6-12(15(21)14(17)7-13)10-19(4-5-20)9-11-2-1-3-18-8-11/h1-3,6-8,20-21H,4-5,9-10H2. The molecule has 2 N–H and O–H groups in total. The third kappa shape index (κ3) is 4.58. The fourth-order valence-corrected chi connectivity index (χ4v) is 2.62. The molecule has 6 heteroatoms. The maximum atomic E-state index is 10.0. The van der Waals surface area contributed by atoms with E-state index in [4.69, 9.17) is 23.2 Å². The SMILES string of the molecule is OCCN(Cc1cccnc1)Cc1cc(Cl)cc(Cl)c1O. The zero-order chi connectivity index (χ0) is 15.2. The molecule has 0 saturated carbocycles. The lowest BCUT2D eigenvalue weighted by molar-refractivity contribution is 0.183. The van der Waals surface area contributed by atoms with Gasteiger partial charge in [-0.25, -0.2) is 0 Å². The summed E-state index contributed by atoms with van der Waals surface area (Å²) in [6.07, 6.45) is 3.48. The van der Waals surface area contributed by atoms with Crippen molar-refractivity contribution in [3.05, 3.63) is 57.8 Å². The van der Waals surface area contributed by atoms with Crippen LogP contribution in [-0.2, 0) is 13.1 Å². The molecule has 1 aromatic carbocycles. The number of hydrogen-bond acceptors (Lipinski definition) is 4. The molecule has 112 valence electrons. The number of pyridine rings is 1. The Labute approximate surface area is 133 Å². The summed E-state index contributed by atoms with van der Waals surface area (Å²) in [6.45, 7) is 1.54. The van der Waals surface area contributed by atoms with E-state index in [0.717, 1.165) is 5.56 Å². The van der Waals surface area contributed by atoms with E-state index in [1.807, 2.05) is 17.0 Å². The highest BCUT2D eigenvalue weighted by Gasteiger charge is 2.13. The molecule has 2 rings (SSSR count). The molecule has 0 atom stereocenters. The first-order valence-corrected chi connectivity index (χ1v) is 7.24. The first-order chi connectivity index (χ1) is 10.1. The Kier molecular flexibility index (Phi) is 5.82. The number of benzene rings is 1. The predicted octanol–water partition coefficient (Wildman–Crippen LogP) is 3.09. The van der Waals surface area contributed by atoms with Crippen LogP contribution in [0.5, 0.6) is 5.75 Å². The van der Waals surface area contributed by atoms with Gasteiger partial charge in [-0.3, -0.25) is 9.88 Å². The summed E-state index contributed by atoms with van der Waals surface area (Å²) in [7, 11) is 0. The number of aromatic hydroxyl groups is 1. The Bertz CT molecular complexity index is 594. The number of aromatic nitrogens is 1. The zero-order valence-corrected chi connectivity index (χ0v) is 12.8. The molecule has 0 unspecified atom stereocenters. The Morgan fingerprint density at radius 1 is 1.19 bits per heavy atom. The monoisotopic (exact) mass is 326 g/mol. The topological polar surface area (TPSA) is 56.6 Å². The van der Waals surface area contributed by atoms with Gasteiger partial charge in [0, 0.05) is 42.6 Å². The van der Waals surface area contributed by atoms with E-state index >= 15 is 0 Å². The number of aliphatic hydroxyl groups is 1. The zero-order valence-electron chi connectivity index (χ0n) is 11.3. The molecule has 1 aromatic heterocycles. The number of phenols is 1. The summed E-state index contributed by atoms with van der Waals surface area (Å²) in [6, 6.07) is 7.00. The van der Waals surface area contributed by atoms with Gasteiger partial charge in [0.25, 0.3) is 0 Å². The van der Waals surface area contributed by atoms with E-state index in [0.29, 0.717) is 30.2 Å². The molecule has 1 heterocycles. The number of halogens is 2. The molecule has 0 aliphatic rings. The van der Waals surface area contributed by atoms with Crippen LogP contribution >= 0.6 is 23.2 Å². The van der Waals surface area contributed by atoms with Crippen LogP contribution in [0.15, 0.2) is 36.7 Å². The third-order valence-corrected chi connectivity index (χ3v) is 3.55. The number of rotatable bonds is 6. The van der Waals surface area contributed by atoms with Crippen LogP contribution in [0.25, 0.3) is 0 Å². The van der Waals surface area contributed by atoms with E-state index in [-0.39, 0.29) is 17.4 Å². The van der Waals surface area contributed by atoms with Crippen molar-refractivity contribution in [3.63, 3.8) is 0 Å². The maximum Gasteiger partial charge on any atom is 0.138 e. The van der Waals surface area contributed by atoms with Gasteiger partial charge in [0.2, 0.25) is 0 Å². The molecule has 0 bridgehead atoms. The van der Waals surface area contributed by atoms with Crippen molar-refractivity contribution in [2.24, 2.45) is 0 Å². The average molecular weight is 327 g/mol. The molecule has 0 amide bonds. The molecule has 0 spiro atoms. The molecule has 0 aliphatic heterocycles. The van der Waals surface area contributed by atoms with Crippen LogP contribution in [-0.4, -0.2) is 33.2 Å². The summed E-state index contributed by atoms with van der Waals surface area (Å²) in [4.78, 5) is 6.05. The van der Waals surface area contributed by atoms with Gasteiger partial charge in [-0.1, -0.05) is 29.3 Å². The van der Waals surface area contributed by atoms with Crippen molar-refractivity contribution < 1.29 is 10.2 Å². The second kappa shape index (κ2) is 7.61. The number of hydrogen-bond donors (Lipinski definition) is 2. The third-order valence-electron chi connectivity index (χ3n) is 3.05. The summed E-state index contributed by atoms with van der Waals surface area (Å²) >= 11 is 11.9. The average Bonchev–Trinajstić information content (AvgIpc) is 2.45. The molecule has 0 aliphatic carbocycles. The Morgan fingerprint density at radius 3 is 2.67 bits per heavy atom. The maximum absolute atomic E-state index is 10.0. The Morgan fingerprint density at radius 2 is 2.00 bits per heavy atom. The summed E-state index contributed by atoms with van der Waals surface area (Å²) in [5.74, 6) is 0.0233. The molecule has 0 saturated heterocycles. The molecule has 2 aromatic rings. The Hall–Kier alpha value is -1.33. The van der Waals surface area contributed by atoms with Gasteiger partial charge in [-0.15, -0.1) is 0 Å². The highest BCUT2D eigenvalue weighted by Crippen LogP contribution is 2.32. The van der Waals surface area contributed by atoms with Crippen LogP contribution in [0.3, 0.4) is 0 Å². The van der Waals surface area contributed by atoms with Crippen LogP contribution < -0.4 is 0 Å². The molecule has 0 radical (unpaired) electrons. The van der Waals surface area contributed by atoms with Crippen molar-refractivity contribution in [2.45, 2.75) is 13.1 Å². The largest absolute Gasteiger partial charge is 0.506 e. The van der Waals surface area contributed by atoms with Gasteiger partial charge in [-0.05, 0) is 23.8 Å². The molecular formula is C15H16Cl2N2O2. The van der Waals surface area contributed by atoms with E-state index in [9.17, 15) is 10.2 Å². The minimum Gasteiger partial charge on any atom is -0.506 e. The second-order valence-electron chi connectivity index (χ2n) is 4.69. The molecular weight excluding hydrogens is 311 g/mol. The number of phenolic OH excluding ortho intramolecular Hbond substituents is 1. The smallest absolute Gasteiger partial charge is 0.138 e. The van der Waals surface area contributed by atoms with Gasteiger partial charge in [0.15, 0.2) is 0 Å².